The Kier molecular flexibility index (Phi) is 4.41. The lowest BCUT2D eigenvalue weighted by Crippen LogP contribution is -2.17. The van der Waals surface area contributed by atoms with E-state index in [-0.39, 0.29) is 23.4 Å². The molecular formula is C17H11ClF2N2O3. The van der Waals surface area contributed by atoms with Crippen LogP contribution in [-0.4, -0.2) is 22.0 Å². The number of carbonyl (C=O) groups excluding carboxylic acids is 1. The first-order chi connectivity index (χ1) is 11.8. The van der Waals surface area contributed by atoms with Crippen molar-refractivity contribution in [3.8, 4) is 0 Å². The molecule has 0 saturated heterocycles. The number of aromatic nitrogens is 1. The van der Waals surface area contributed by atoms with Crippen LogP contribution in [0.3, 0.4) is 0 Å². The number of rotatable bonds is 4. The molecule has 0 radical (unpaired) electrons. The van der Waals surface area contributed by atoms with Crippen LogP contribution >= 0.6 is 11.6 Å². The standard InChI is InChI=1S/C17H11ClF2N2O3/c18-8-1-3-13-10(5-8)11(16(22-13)17(24)25)7-15(23)21-14-4-2-9(19)6-12(14)20/h1-6,22H,7H2,(H,21,23)(H,24,25). The van der Waals surface area contributed by atoms with Crippen molar-refractivity contribution < 1.29 is 23.5 Å². The van der Waals surface area contributed by atoms with Crippen LogP contribution < -0.4 is 5.32 Å². The van der Waals surface area contributed by atoms with Crippen molar-refractivity contribution in [3.63, 3.8) is 0 Å². The molecule has 0 aliphatic heterocycles. The van der Waals surface area contributed by atoms with Crippen molar-refractivity contribution in [2.24, 2.45) is 0 Å². The van der Waals surface area contributed by atoms with Crippen LogP contribution in [-0.2, 0) is 11.2 Å². The maximum atomic E-state index is 13.6. The molecule has 0 spiro atoms. The topological polar surface area (TPSA) is 82.2 Å². The van der Waals surface area contributed by atoms with Gasteiger partial charge in [-0.15, -0.1) is 0 Å². The average Bonchev–Trinajstić information content (AvgIpc) is 2.88. The normalized spacial score (nSPS) is 10.8. The number of carbonyl (C=O) groups is 2. The molecule has 2 aromatic carbocycles. The van der Waals surface area contributed by atoms with E-state index in [4.69, 9.17) is 11.6 Å². The fourth-order valence-corrected chi connectivity index (χ4v) is 2.70. The van der Waals surface area contributed by atoms with Crippen LogP contribution in [0, 0.1) is 11.6 Å². The molecule has 128 valence electrons. The number of carboxylic acids is 1. The largest absolute Gasteiger partial charge is 0.477 e. The van der Waals surface area contributed by atoms with Gasteiger partial charge in [0.25, 0.3) is 0 Å². The van der Waals surface area contributed by atoms with Gasteiger partial charge < -0.3 is 15.4 Å². The molecule has 1 amide bonds. The third kappa shape index (κ3) is 3.46. The van der Waals surface area contributed by atoms with Gasteiger partial charge in [-0.25, -0.2) is 13.6 Å². The van der Waals surface area contributed by atoms with Crippen molar-refractivity contribution in [3.05, 3.63) is 64.3 Å². The molecule has 0 aliphatic rings. The van der Waals surface area contributed by atoms with Gasteiger partial charge in [-0.3, -0.25) is 4.79 Å². The number of benzene rings is 2. The average molecular weight is 365 g/mol. The smallest absolute Gasteiger partial charge is 0.352 e. The summed E-state index contributed by atoms with van der Waals surface area (Å²) in [5.74, 6) is -3.57. The van der Waals surface area contributed by atoms with Crippen molar-refractivity contribution in [1.29, 1.82) is 0 Å². The Hall–Kier alpha value is -2.93. The predicted molar refractivity (Wildman–Crippen MR) is 89.0 cm³/mol. The molecule has 0 aliphatic carbocycles. The Morgan fingerprint density at radius 3 is 2.60 bits per heavy atom. The van der Waals surface area contributed by atoms with Crippen LogP contribution in [0.5, 0.6) is 0 Å². The van der Waals surface area contributed by atoms with Gasteiger partial charge in [0.1, 0.15) is 17.3 Å². The number of carboxylic acid groups (broad SMARTS) is 1. The van der Waals surface area contributed by atoms with Gasteiger partial charge in [0, 0.05) is 27.6 Å². The highest BCUT2D eigenvalue weighted by Gasteiger charge is 2.20. The van der Waals surface area contributed by atoms with Crippen molar-refractivity contribution in [2.45, 2.75) is 6.42 Å². The van der Waals surface area contributed by atoms with E-state index in [9.17, 15) is 23.5 Å². The highest BCUT2D eigenvalue weighted by molar-refractivity contribution is 6.31. The quantitative estimate of drug-likeness (QED) is 0.655. The molecule has 5 nitrogen and oxygen atoms in total. The second-order valence-electron chi connectivity index (χ2n) is 5.32. The van der Waals surface area contributed by atoms with Crippen LogP contribution in [0.25, 0.3) is 10.9 Å². The van der Waals surface area contributed by atoms with Gasteiger partial charge in [0.05, 0.1) is 12.1 Å². The molecule has 1 aromatic heterocycles. The van der Waals surface area contributed by atoms with Crippen LogP contribution in [0.2, 0.25) is 5.02 Å². The van der Waals surface area contributed by atoms with Gasteiger partial charge in [-0.1, -0.05) is 11.6 Å². The zero-order valence-electron chi connectivity index (χ0n) is 12.6. The minimum Gasteiger partial charge on any atom is -0.477 e. The summed E-state index contributed by atoms with van der Waals surface area (Å²) in [5.41, 5.74) is 0.399. The maximum Gasteiger partial charge on any atom is 0.352 e. The Balaban J connectivity index is 1.93. The molecule has 1 heterocycles. The minimum absolute atomic E-state index is 0.146. The third-order valence-corrected chi connectivity index (χ3v) is 3.86. The summed E-state index contributed by atoms with van der Waals surface area (Å²) in [5, 5.41) is 12.5. The number of anilines is 1. The van der Waals surface area contributed by atoms with E-state index >= 15 is 0 Å². The summed E-state index contributed by atoms with van der Waals surface area (Å²) in [6.07, 6.45) is -0.321. The van der Waals surface area contributed by atoms with Crippen LogP contribution in [0.1, 0.15) is 16.1 Å². The van der Waals surface area contributed by atoms with E-state index in [1.54, 1.807) is 18.2 Å². The number of aromatic carboxylic acids is 1. The van der Waals surface area contributed by atoms with Crippen LogP contribution in [0.4, 0.5) is 14.5 Å². The molecule has 3 N–H and O–H groups in total. The number of H-pyrrole nitrogens is 1. The van der Waals surface area contributed by atoms with Crippen molar-refractivity contribution >= 4 is 40.1 Å². The first-order valence-electron chi connectivity index (χ1n) is 7.13. The Morgan fingerprint density at radius 1 is 1.16 bits per heavy atom. The van der Waals surface area contributed by atoms with Crippen molar-refractivity contribution in [1.82, 2.24) is 4.98 Å². The fraction of sp³-hybridized carbons (Fsp3) is 0.0588. The van der Waals surface area contributed by atoms with E-state index in [1.165, 1.54) is 0 Å². The van der Waals surface area contributed by atoms with E-state index < -0.39 is 23.5 Å². The summed E-state index contributed by atoms with van der Waals surface area (Å²) in [4.78, 5) is 26.3. The summed E-state index contributed by atoms with van der Waals surface area (Å²) >= 11 is 5.93. The first-order valence-corrected chi connectivity index (χ1v) is 7.51. The zero-order chi connectivity index (χ0) is 18.1. The lowest BCUT2D eigenvalue weighted by Gasteiger charge is -2.07. The maximum absolute atomic E-state index is 13.6. The fourth-order valence-electron chi connectivity index (χ4n) is 2.53. The van der Waals surface area contributed by atoms with Crippen molar-refractivity contribution in [2.75, 3.05) is 5.32 Å². The SMILES string of the molecule is O=C(Cc1c(C(=O)O)[nH]c2ccc(Cl)cc12)Nc1ccc(F)cc1F. The number of hydrogen-bond acceptors (Lipinski definition) is 2. The van der Waals surface area contributed by atoms with Gasteiger partial charge in [0.15, 0.2) is 0 Å². The summed E-state index contributed by atoms with van der Waals surface area (Å²) in [6, 6.07) is 7.47. The molecule has 3 aromatic rings. The molecule has 0 saturated carbocycles. The number of aromatic amines is 1. The molecule has 0 atom stereocenters. The lowest BCUT2D eigenvalue weighted by atomic mass is 10.1. The number of hydrogen-bond donors (Lipinski definition) is 3. The van der Waals surface area contributed by atoms with E-state index in [2.05, 4.69) is 10.3 Å². The molecule has 3 rings (SSSR count). The first kappa shape index (κ1) is 16.9. The van der Waals surface area contributed by atoms with E-state index in [0.717, 1.165) is 12.1 Å². The predicted octanol–water partition coefficient (Wildman–Crippen LogP) is 3.98. The molecule has 0 unspecified atom stereocenters. The third-order valence-electron chi connectivity index (χ3n) is 3.62. The number of fused-ring (bicyclic) bond motifs is 1. The van der Waals surface area contributed by atoms with Gasteiger partial charge in [0.2, 0.25) is 5.91 Å². The minimum atomic E-state index is -1.23. The highest BCUT2D eigenvalue weighted by Crippen LogP contribution is 2.27. The second-order valence-corrected chi connectivity index (χ2v) is 5.76. The summed E-state index contributed by atoms with van der Waals surface area (Å²) in [6.45, 7) is 0. The molecule has 8 heteroatoms. The number of halogens is 3. The van der Waals surface area contributed by atoms with E-state index in [0.29, 0.717) is 22.0 Å². The van der Waals surface area contributed by atoms with Crippen LogP contribution in [0.15, 0.2) is 36.4 Å². The Labute approximate surface area is 145 Å². The highest BCUT2D eigenvalue weighted by atomic mass is 35.5. The number of nitrogens with one attached hydrogen (secondary N) is 2. The van der Waals surface area contributed by atoms with E-state index in [1.807, 2.05) is 0 Å². The second kappa shape index (κ2) is 6.52. The number of amides is 1. The molecule has 0 bridgehead atoms. The Morgan fingerprint density at radius 2 is 1.92 bits per heavy atom. The monoisotopic (exact) mass is 364 g/mol. The lowest BCUT2D eigenvalue weighted by molar-refractivity contribution is -0.115. The summed E-state index contributed by atoms with van der Waals surface area (Å²) in [7, 11) is 0. The zero-order valence-corrected chi connectivity index (χ0v) is 13.3. The molecule has 25 heavy (non-hydrogen) atoms. The molecule has 0 fully saturated rings. The van der Waals surface area contributed by atoms with Gasteiger partial charge in [-0.2, -0.15) is 0 Å². The van der Waals surface area contributed by atoms with Gasteiger partial charge >= 0.3 is 5.97 Å². The summed E-state index contributed by atoms with van der Waals surface area (Å²) < 4.78 is 26.5. The molecular weight excluding hydrogens is 354 g/mol. The Bertz CT molecular complexity index is 1000. The van der Waals surface area contributed by atoms with Gasteiger partial charge in [-0.05, 0) is 30.3 Å².